The number of rotatable bonds is 6. The lowest BCUT2D eigenvalue weighted by Crippen LogP contribution is -1.84. The van der Waals surface area contributed by atoms with Gasteiger partial charge in [-0.3, -0.25) is 4.79 Å². The highest BCUT2D eigenvalue weighted by molar-refractivity contribution is 6.17. The predicted octanol–water partition coefficient (Wildman–Crippen LogP) is 2.12. The number of allylic oxidation sites excluding steroid dienone is 1. The fraction of sp³-hybridized carbons (Fsp3) is 0.444. The summed E-state index contributed by atoms with van der Waals surface area (Å²) in [6, 6.07) is 0. The number of hydrogen-bond acceptors (Lipinski definition) is 3. The number of aldehydes is 1. The fourth-order valence-corrected chi connectivity index (χ4v) is 0.408. The molecule has 0 atom stereocenters. The van der Waals surface area contributed by atoms with Crippen LogP contribution < -0.4 is 0 Å². The molecule has 0 amide bonds. The molecule has 0 aliphatic heterocycles. The second kappa shape index (κ2) is 17.2. The minimum atomic E-state index is 0.157. The molecular formula is C9H15ClO3. The Morgan fingerprint density at radius 1 is 1.46 bits per heavy atom. The van der Waals surface area contributed by atoms with Crippen molar-refractivity contribution < 1.29 is 14.3 Å². The van der Waals surface area contributed by atoms with E-state index in [4.69, 9.17) is 11.6 Å². The molecule has 76 valence electrons. The van der Waals surface area contributed by atoms with Crippen LogP contribution in [0.3, 0.4) is 0 Å². The molecule has 13 heavy (non-hydrogen) atoms. The zero-order valence-corrected chi connectivity index (χ0v) is 8.50. The number of carbonyl (C=O) groups is 1. The molecule has 0 aliphatic rings. The van der Waals surface area contributed by atoms with Crippen molar-refractivity contribution in [1.29, 1.82) is 0 Å². The number of halogens is 1. The van der Waals surface area contributed by atoms with Crippen molar-refractivity contribution in [3.63, 3.8) is 0 Å². The van der Waals surface area contributed by atoms with Crippen LogP contribution in [-0.2, 0) is 14.3 Å². The Hall–Kier alpha value is -0.960. The molecule has 0 aliphatic carbocycles. The average Bonchev–Trinajstić information content (AvgIpc) is 2.17. The normalized spacial score (nSPS) is 8.46. The first-order valence-electron chi connectivity index (χ1n) is 3.78. The van der Waals surface area contributed by atoms with E-state index in [0.29, 0.717) is 18.8 Å². The van der Waals surface area contributed by atoms with Crippen LogP contribution in [0.4, 0.5) is 0 Å². The molecule has 0 N–H and O–H groups in total. The minimum Gasteiger partial charge on any atom is -0.501 e. The molecular weight excluding hydrogens is 192 g/mol. The molecule has 0 heterocycles. The summed E-state index contributed by atoms with van der Waals surface area (Å²) in [6.45, 7) is 5.86. The largest absolute Gasteiger partial charge is 0.501 e. The van der Waals surface area contributed by atoms with Gasteiger partial charge in [-0.05, 0) is 6.92 Å². The van der Waals surface area contributed by atoms with E-state index in [9.17, 15) is 4.79 Å². The molecule has 0 fully saturated rings. The molecule has 0 unspecified atom stereocenters. The smallest absolute Gasteiger partial charge is 0.157 e. The maximum Gasteiger partial charge on any atom is 0.157 e. The number of hydrogen-bond donors (Lipinski definition) is 0. The van der Waals surface area contributed by atoms with Crippen LogP contribution in [0.2, 0.25) is 0 Å². The Morgan fingerprint density at radius 2 is 2.15 bits per heavy atom. The van der Waals surface area contributed by atoms with Gasteiger partial charge < -0.3 is 9.47 Å². The Kier molecular flexibility index (Phi) is 19.3. The van der Waals surface area contributed by atoms with Crippen molar-refractivity contribution >= 4 is 17.9 Å². The third kappa shape index (κ3) is 24.7. The Balaban J connectivity index is 0. The Labute approximate surface area is 84.0 Å². The van der Waals surface area contributed by atoms with E-state index in [1.807, 2.05) is 6.92 Å². The van der Waals surface area contributed by atoms with Crippen molar-refractivity contribution in [1.82, 2.24) is 0 Å². The molecule has 0 spiro atoms. The SMILES string of the molecule is C=COCCCl.CC=COCC=O. The van der Waals surface area contributed by atoms with Gasteiger partial charge in [0.25, 0.3) is 0 Å². The summed E-state index contributed by atoms with van der Waals surface area (Å²) in [6.07, 6.45) is 5.29. The first-order valence-corrected chi connectivity index (χ1v) is 4.31. The lowest BCUT2D eigenvalue weighted by Gasteiger charge is -1.89. The molecule has 0 aromatic rings. The van der Waals surface area contributed by atoms with Gasteiger partial charge in [0.05, 0.1) is 18.4 Å². The average molecular weight is 207 g/mol. The zero-order chi connectivity index (χ0) is 10.4. The van der Waals surface area contributed by atoms with Crippen molar-refractivity contribution in [2.24, 2.45) is 0 Å². The molecule has 4 heteroatoms. The van der Waals surface area contributed by atoms with Crippen molar-refractivity contribution in [2.45, 2.75) is 6.92 Å². The van der Waals surface area contributed by atoms with Crippen molar-refractivity contribution in [3.8, 4) is 0 Å². The quantitative estimate of drug-likeness (QED) is 0.289. The number of ether oxygens (including phenoxy) is 2. The van der Waals surface area contributed by atoms with E-state index >= 15 is 0 Å². The van der Waals surface area contributed by atoms with E-state index in [2.05, 4.69) is 16.1 Å². The Bertz CT molecular complexity index is 135. The monoisotopic (exact) mass is 206 g/mol. The van der Waals surface area contributed by atoms with Gasteiger partial charge in [-0.2, -0.15) is 0 Å². The summed E-state index contributed by atoms with van der Waals surface area (Å²) in [7, 11) is 0. The summed E-state index contributed by atoms with van der Waals surface area (Å²) in [4.78, 5) is 9.52. The third-order valence-electron chi connectivity index (χ3n) is 0.709. The highest BCUT2D eigenvalue weighted by Crippen LogP contribution is 1.75. The molecule has 0 saturated heterocycles. The Morgan fingerprint density at radius 3 is 2.46 bits per heavy atom. The van der Waals surface area contributed by atoms with E-state index in [1.54, 1.807) is 6.08 Å². The van der Waals surface area contributed by atoms with Crippen LogP contribution in [0.25, 0.3) is 0 Å². The molecule has 0 bridgehead atoms. The molecule has 0 radical (unpaired) electrons. The molecule has 0 aromatic heterocycles. The minimum absolute atomic E-state index is 0.157. The number of carbonyl (C=O) groups excluding carboxylic acids is 1. The standard InChI is InChI=1S/C5H8O2.C4H7ClO/c1-2-4-7-5-3-6;1-2-6-4-3-5/h2-4H,5H2,1H3;2H,1,3-4H2. The van der Waals surface area contributed by atoms with Gasteiger partial charge in [-0.15, -0.1) is 11.6 Å². The molecule has 3 nitrogen and oxygen atoms in total. The van der Waals surface area contributed by atoms with Gasteiger partial charge in [0.2, 0.25) is 0 Å². The van der Waals surface area contributed by atoms with Crippen LogP contribution >= 0.6 is 11.6 Å². The van der Waals surface area contributed by atoms with Gasteiger partial charge in [-0.1, -0.05) is 12.7 Å². The zero-order valence-electron chi connectivity index (χ0n) is 7.74. The maximum absolute atomic E-state index is 9.52. The van der Waals surface area contributed by atoms with Gasteiger partial charge in [0, 0.05) is 0 Å². The van der Waals surface area contributed by atoms with Gasteiger partial charge >= 0.3 is 0 Å². The highest BCUT2D eigenvalue weighted by Gasteiger charge is 1.70. The van der Waals surface area contributed by atoms with E-state index in [-0.39, 0.29) is 6.61 Å². The van der Waals surface area contributed by atoms with Crippen LogP contribution in [0.5, 0.6) is 0 Å². The van der Waals surface area contributed by atoms with Crippen LogP contribution in [0.15, 0.2) is 25.2 Å². The topological polar surface area (TPSA) is 35.5 Å². The van der Waals surface area contributed by atoms with E-state index in [1.165, 1.54) is 12.5 Å². The fourth-order valence-electron chi connectivity index (χ4n) is 0.319. The molecule has 0 aromatic carbocycles. The first kappa shape index (κ1) is 14.6. The molecule has 0 saturated carbocycles. The van der Waals surface area contributed by atoms with Gasteiger partial charge in [-0.25, -0.2) is 0 Å². The maximum atomic E-state index is 9.52. The summed E-state index contributed by atoms with van der Waals surface area (Å²) in [5.41, 5.74) is 0. The van der Waals surface area contributed by atoms with Gasteiger partial charge in [0.1, 0.15) is 13.2 Å². The van der Waals surface area contributed by atoms with Crippen molar-refractivity contribution in [2.75, 3.05) is 19.1 Å². The van der Waals surface area contributed by atoms with Crippen LogP contribution in [0, 0.1) is 0 Å². The van der Waals surface area contributed by atoms with Gasteiger partial charge in [0.15, 0.2) is 6.29 Å². The summed E-state index contributed by atoms with van der Waals surface area (Å²) in [5.74, 6) is 0.534. The lowest BCUT2D eigenvalue weighted by molar-refractivity contribution is -0.110. The summed E-state index contributed by atoms with van der Waals surface area (Å²) < 4.78 is 9.20. The summed E-state index contributed by atoms with van der Waals surface area (Å²) >= 11 is 5.21. The third-order valence-corrected chi connectivity index (χ3v) is 0.864. The second-order valence-electron chi connectivity index (χ2n) is 1.70. The molecule has 0 rings (SSSR count). The summed E-state index contributed by atoms with van der Waals surface area (Å²) in [5, 5.41) is 0. The van der Waals surface area contributed by atoms with E-state index in [0.717, 1.165) is 0 Å². The predicted molar refractivity (Wildman–Crippen MR) is 53.7 cm³/mol. The van der Waals surface area contributed by atoms with Crippen molar-refractivity contribution in [3.05, 3.63) is 25.2 Å². The van der Waals surface area contributed by atoms with E-state index < -0.39 is 0 Å². The van der Waals surface area contributed by atoms with Crippen LogP contribution in [0.1, 0.15) is 6.92 Å². The van der Waals surface area contributed by atoms with Crippen LogP contribution in [-0.4, -0.2) is 25.4 Å². The number of alkyl halides is 1. The lowest BCUT2D eigenvalue weighted by atomic mass is 10.7. The second-order valence-corrected chi connectivity index (χ2v) is 2.07. The first-order chi connectivity index (χ1) is 6.33. The highest BCUT2D eigenvalue weighted by atomic mass is 35.5.